The van der Waals surface area contributed by atoms with Gasteiger partial charge in [-0.25, -0.2) is 13.2 Å². The molecule has 33 heavy (non-hydrogen) atoms. The molecule has 2 aromatic carbocycles. The van der Waals surface area contributed by atoms with Gasteiger partial charge >= 0.3 is 5.97 Å². The van der Waals surface area contributed by atoms with Crippen molar-refractivity contribution in [3.63, 3.8) is 0 Å². The molecule has 0 spiro atoms. The Labute approximate surface area is 195 Å². The topological polar surface area (TPSA) is 102 Å². The molecule has 0 saturated heterocycles. The lowest BCUT2D eigenvalue weighted by Gasteiger charge is -2.20. The first-order valence-corrected chi connectivity index (χ1v) is 12.1. The standard InChI is InChI=1S/C24H32N2O6S/c1-7-26(8-2)33(29,30)21-15-17(9-14-20(21)31-6)23(28)32-16-22(27)25-19-12-10-18(11-13-19)24(3,4)5/h9-15H,7-8,16H2,1-6H3,(H,25,27). The molecule has 0 bridgehead atoms. The molecule has 2 aromatic rings. The van der Waals surface area contributed by atoms with Crippen molar-refractivity contribution in [1.82, 2.24) is 4.31 Å². The van der Waals surface area contributed by atoms with Gasteiger partial charge in [-0.3, -0.25) is 4.79 Å². The van der Waals surface area contributed by atoms with Gasteiger partial charge in [0.25, 0.3) is 5.91 Å². The number of nitrogens with zero attached hydrogens (tertiary/aromatic N) is 1. The number of sulfonamides is 1. The first kappa shape index (κ1) is 26.3. The van der Waals surface area contributed by atoms with Crippen LogP contribution in [0.1, 0.15) is 50.5 Å². The van der Waals surface area contributed by atoms with Crippen molar-refractivity contribution in [2.75, 3.05) is 32.1 Å². The normalized spacial score (nSPS) is 11.8. The fourth-order valence-electron chi connectivity index (χ4n) is 3.17. The van der Waals surface area contributed by atoms with Gasteiger partial charge in [-0.05, 0) is 41.3 Å². The highest BCUT2D eigenvalue weighted by Gasteiger charge is 2.27. The molecule has 1 N–H and O–H groups in total. The molecule has 0 aliphatic heterocycles. The van der Waals surface area contributed by atoms with Crippen LogP contribution in [0.5, 0.6) is 5.75 Å². The lowest BCUT2D eigenvalue weighted by atomic mass is 9.87. The van der Waals surface area contributed by atoms with Crippen LogP contribution >= 0.6 is 0 Å². The van der Waals surface area contributed by atoms with Crippen molar-refractivity contribution < 1.29 is 27.5 Å². The van der Waals surface area contributed by atoms with E-state index in [1.54, 1.807) is 26.0 Å². The highest BCUT2D eigenvalue weighted by atomic mass is 32.2. The van der Waals surface area contributed by atoms with Gasteiger partial charge < -0.3 is 14.8 Å². The molecule has 0 fully saturated rings. The summed E-state index contributed by atoms with van der Waals surface area (Å²) in [6.07, 6.45) is 0. The smallest absolute Gasteiger partial charge is 0.338 e. The van der Waals surface area contributed by atoms with Gasteiger partial charge in [0.15, 0.2) is 6.61 Å². The van der Waals surface area contributed by atoms with Gasteiger partial charge in [-0.15, -0.1) is 0 Å². The van der Waals surface area contributed by atoms with Crippen molar-refractivity contribution in [2.45, 2.75) is 44.9 Å². The summed E-state index contributed by atoms with van der Waals surface area (Å²) in [7, 11) is -2.51. The van der Waals surface area contributed by atoms with Crippen LogP contribution in [0.4, 0.5) is 5.69 Å². The van der Waals surface area contributed by atoms with Crippen LogP contribution in [0.3, 0.4) is 0 Å². The number of amides is 1. The van der Waals surface area contributed by atoms with Crippen molar-refractivity contribution in [2.24, 2.45) is 0 Å². The molecule has 0 aliphatic rings. The molecular weight excluding hydrogens is 444 g/mol. The van der Waals surface area contributed by atoms with Gasteiger partial charge in [0.1, 0.15) is 10.6 Å². The third kappa shape index (κ3) is 6.55. The van der Waals surface area contributed by atoms with E-state index < -0.39 is 28.5 Å². The van der Waals surface area contributed by atoms with E-state index in [-0.39, 0.29) is 34.7 Å². The zero-order valence-electron chi connectivity index (χ0n) is 20.0. The Kier molecular flexibility index (Phi) is 8.63. The predicted molar refractivity (Wildman–Crippen MR) is 127 cm³/mol. The monoisotopic (exact) mass is 476 g/mol. The van der Waals surface area contributed by atoms with E-state index in [4.69, 9.17) is 9.47 Å². The second-order valence-corrected chi connectivity index (χ2v) is 10.3. The largest absolute Gasteiger partial charge is 0.495 e. The Hall–Kier alpha value is -2.91. The van der Waals surface area contributed by atoms with Crippen LogP contribution in [0.25, 0.3) is 0 Å². The number of esters is 1. The fourth-order valence-corrected chi connectivity index (χ4v) is 4.81. The fraction of sp³-hybridized carbons (Fsp3) is 0.417. The maximum Gasteiger partial charge on any atom is 0.338 e. The molecule has 0 aromatic heterocycles. The Morgan fingerprint density at radius 1 is 1.00 bits per heavy atom. The van der Waals surface area contributed by atoms with Gasteiger partial charge in [0.05, 0.1) is 12.7 Å². The van der Waals surface area contributed by atoms with Crippen LogP contribution in [0.2, 0.25) is 0 Å². The third-order valence-electron chi connectivity index (χ3n) is 5.09. The van der Waals surface area contributed by atoms with Gasteiger partial charge in [-0.2, -0.15) is 4.31 Å². The minimum Gasteiger partial charge on any atom is -0.495 e. The Morgan fingerprint density at radius 3 is 2.12 bits per heavy atom. The van der Waals surface area contributed by atoms with Crippen LogP contribution < -0.4 is 10.1 Å². The molecule has 2 rings (SSSR count). The highest BCUT2D eigenvalue weighted by Crippen LogP contribution is 2.28. The van der Waals surface area contributed by atoms with Crippen LogP contribution in [-0.4, -0.2) is 51.4 Å². The minimum atomic E-state index is -3.86. The van der Waals surface area contributed by atoms with Crippen LogP contribution in [-0.2, 0) is 25.0 Å². The number of carbonyl (C=O) groups excluding carboxylic acids is 2. The number of ether oxygens (including phenoxy) is 2. The second kappa shape index (κ2) is 10.8. The van der Waals surface area contributed by atoms with E-state index in [1.807, 2.05) is 12.1 Å². The summed E-state index contributed by atoms with van der Waals surface area (Å²) < 4.78 is 37.4. The number of methoxy groups -OCH3 is 1. The van der Waals surface area contributed by atoms with Crippen LogP contribution in [0, 0.1) is 0 Å². The first-order valence-electron chi connectivity index (χ1n) is 10.7. The number of hydrogen-bond acceptors (Lipinski definition) is 6. The number of hydrogen-bond donors (Lipinski definition) is 1. The van der Waals surface area contributed by atoms with Gasteiger partial charge in [-0.1, -0.05) is 46.8 Å². The summed E-state index contributed by atoms with van der Waals surface area (Å²) in [6, 6.07) is 11.4. The molecular formula is C24H32N2O6S. The molecule has 0 atom stereocenters. The molecule has 8 nitrogen and oxygen atoms in total. The molecule has 180 valence electrons. The second-order valence-electron chi connectivity index (χ2n) is 8.41. The summed E-state index contributed by atoms with van der Waals surface area (Å²) >= 11 is 0. The SMILES string of the molecule is CCN(CC)S(=O)(=O)c1cc(C(=O)OCC(=O)Nc2ccc(C(C)(C)C)cc2)ccc1OC. The van der Waals surface area contributed by atoms with E-state index in [0.717, 1.165) is 5.56 Å². The maximum absolute atomic E-state index is 12.9. The third-order valence-corrected chi connectivity index (χ3v) is 7.16. The van der Waals surface area contributed by atoms with Crippen molar-refractivity contribution >= 4 is 27.6 Å². The summed E-state index contributed by atoms with van der Waals surface area (Å²) in [4.78, 5) is 24.6. The molecule has 9 heteroatoms. The molecule has 1 amide bonds. The average molecular weight is 477 g/mol. The van der Waals surface area contributed by atoms with E-state index in [1.165, 1.54) is 29.6 Å². The number of benzene rings is 2. The number of nitrogens with one attached hydrogen (secondary N) is 1. The maximum atomic E-state index is 12.9. The Balaban J connectivity index is 2.10. The summed E-state index contributed by atoms with van der Waals surface area (Å²) in [5.41, 5.74) is 1.71. The van der Waals surface area contributed by atoms with E-state index in [9.17, 15) is 18.0 Å². The molecule has 0 saturated carbocycles. The average Bonchev–Trinajstić information content (AvgIpc) is 2.77. The number of rotatable bonds is 9. The van der Waals surface area contributed by atoms with Crippen molar-refractivity contribution in [3.05, 3.63) is 53.6 Å². The molecule has 0 aliphatic carbocycles. The Morgan fingerprint density at radius 2 is 1.61 bits per heavy atom. The lowest BCUT2D eigenvalue weighted by molar-refractivity contribution is -0.119. The summed E-state index contributed by atoms with van der Waals surface area (Å²) in [5, 5.41) is 2.67. The molecule has 0 heterocycles. The lowest BCUT2D eigenvalue weighted by Crippen LogP contribution is -2.31. The van der Waals surface area contributed by atoms with Crippen molar-refractivity contribution in [1.29, 1.82) is 0 Å². The molecule has 0 unspecified atom stereocenters. The predicted octanol–water partition coefficient (Wildman–Crippen LogP) is 3.82. The zero-order chi connectivity index (χ0) is 24.8. The van der Waals surface area contributed by atoms with E-state index in [2.05, 4.69) is 26.1 Å². The van der Waals surface area contributed by atoms with Crippen LogP contribution in [0.15, 0.2) is 47.4 Å². The first-order chi connectivity index (χ1) is 15.4. The van der Waals surface area contributed by atoms with Crippen molar-refractivity contribution in [3.8, 4) is 5.75 Å². The van der Waals surface area contributed by atoms with Gasteiger partial charge in [0.2, 0.25) is 10.0 Å². The number of carbonyl (C=O) groups is 2. The quantitative estimate of drug-likeness (QED) is 0.552. The minimum absolute atomic E-state index is 0.00358. The Bertz CT molecular complexity index is 1080. The molecule has 0 radical (unpaired) electrons. The number of anilines is 1. The van der Waals surface area contributed by atoms with Gasteiger partial charge in [0, 0.05) is 18.8 Å². The zero-order valence-corrected chi connectivity index (χ0v) is 20.8. The summed E-state index contributed by atoms with van der Waals surface area (Å²) in [5.74, 6) is -1.20. The highest BCUT2D eigenvalue weighted by molar-refractivity contribution is 7.89. The summed E-state index contributed by atoms with van der Waals surface area (Å²) in [6.45, 7) is 9.76. The van der Waals surface area contributed by atoms with E-state index in [0.29, 0.717) is 5.69 Å². The van der Waals surface area contributed by atoms with E-state index >= 15 is 0 Å².